The number of carbonyl (C=O) groups excluding carboxylic acids is 1. The Morgan fingerprint density at radius 3 is 2.58 bits per heavy atom. The predicted molar refractivity (Wildman–Crippen MR) is 67.3 cm³/mol. The number of rotatable bonds is 5. The summed E-state index contributed by atoms with van der Waals surface area (Å²) >= 11 is 3.23. The van der Waals surface area contributed by atoms with Crippen molar-refractivity contribution in [2.45, 2.75) is 13.2 Å². The first-order chi connectivity index (χ1) is 9.04. The van der Waals surface area contributed by atoms with E-state index in [2.05, 4.69) is 25.8 Å². The van der Waals surface area contributed by atoms with Crippen LogP contribution in [0, 0.1) is 0 Å². The molecule has 0 aliphatic rings. The molecule has 0 saturated heterocycles. The molecule has 100 valence electrons. The van der Waals surface area contributed by atoms with Crippen molar-refractivity contribution in [2.75, 3.05) is 0 Å². The van der Waals surface area contributed by atoms with Gasteiger partial charge in [-0.3, -0.25) is 9.48 Å². The highest BCUT2D eigenvalue weighted by Gasteiger charge is 2.09. The standard InChI is InChI=1S/C12H9BrF2N2O2/c13-9-5-16-17(6-9)7-11(18)8-1-3-10(4-2-8)19-12(14)15/h1-6,12H,7H2. The minimum Gasteiger partial charge on any atom is -0.435 e. The molecule has 1 aromatic carbocycles. The van der Waals surface area contributed by atoms with Gasteiger partial charge in [0, 0.05) is 11.8 Å². The van der Waals surface area contributed by atoms with Gasteiger partial charge in [0.25, 0.3) is 0 Å². The highest BCUT2D eigenvalue weighted by atomic mass is 79.9. The molecule has 0 aliphatic carbocycles. The van der Waals surface area contributed by atoms with Crippen LogP contribution in [0.1, 0.15) is 10.4 Å². The average Bonchev–Trinajstić information content (AvgIpc) is 2.75. The fourth-order valence-electron chi connectivity index (χ4n) is 1.49. The summed E-state index contributed by atoms with van der Waals surface area (Å²) in [5.74, 6) is -0.146. The van der Waals surface area contributed by atoms with Crippen LogP contribution >= 0.6 is 15.9 Å². The van der Waals surface area contributed by atoms with Crippen molar-refractivity contribution in [3.63, 3.8) is 0 Å². The van der Waals surface area contributed by atoms with Gasteiger partial charge >= 0.3 is 6.61 Å². The second kappa shape index (κ2) is 5.92. The summed E-state index contributed by atoms with van der Waals surface area (Å²) in [5, 5.41) is 3.96. The van der Waals surface area contributed by atoms with Crippen molar-refractivity contribution in [1.82, 2.24) is 9.78 Å². The Morgan fingerprint density at radius 1 is 1.37 bits per heavy atom. The number of carbonyl (C=O) groups is 1. The van der Waals surface area contributed by atoms with Crippen LogP contribution in [0.4, 0.5) is 8.78 Å². The first-order valence-corrected chi connectivity index (χ1v) is 6.10. The van der Waals surface area contributed by atoms with Crippen molar-refractivity contribution < 1.29 is 18.3 Å². The zero-order valence-corrected chi connectivity index (χ0v) is 11.2. The zero-order chi connectivity index (χ0) is 13.8. The summed E-state index contributed by atoms with van der Waals surface area (Å²) in [6, 6.07) is 5.55. The Morgan fingerprint density at radius 2 is 2.05 bits per heavy atom. The number of halogens is 3. The van der Waals surface area contributed by atoms with Gasteiger partial charge in [-0.25, -0.2) is 0 Å². The summed E-state index contributed by atoms with van der Waals surface area (Å²) in [7, 11) is 0. The molecular formula is C12H9BrF2N2O2. The van der Waals surface area contributed by atoms with Crippen LogP contribution in [0.2, 0.25) is 0 Å². The Labute approximate surface area is 116 Å². The van der Waals surface area contributed by atoms with E-state index >= 15 is 0 Å². The zero-order valence-electron chi connectivity index (χ0n) is 9.59. The quantitative estimate of drug-likeness (QED) is 0.791. The van der Waals surface area contributed by atoms with Gasteiger partial charge in [-0.2, -0.15) is 13.9 Å². The van der Waals surface area contributed by atoms with E-state index in [1.54, 1.807) is 12.4 Å². The summed E-state index contributed by atoms with van der Waals surface area (Å²) in [6.07, 6.45) is 3.25. The number of hydrogen-bond acceptors (Lipinski definition) is 3. The van der Waals surface area contributed by atoms with Gasteiger partial charge in [-0.15, -0.1) is 0 Å². The summed E-state index contributed by atoms with van der Waals surface area (Å²) in [4.78, 5) is 11.9. The van der Waals surface area contributed by atoms with Crippen molar-refractivity contribution in [1.29, 1.82) is 0 Å². The van der Waals surface area contributed by atoms with E-state index in [4.69, 9.17) is 0 Å². The lowest BCUT2D eigenvalue weighted by Crippen LogP contribution is -2.10. The summed E-state index contributed by atoms with van der Waals surface area (Å²) < 4.78 is 30.4. The van der Waals surface area contributed by atoms with E-state index in [1.807, 2.05) is 0 Å². The third kappa shape index (κ3) is 3.85. The molecule has 0 unspecified atom stereocenters. The van der Waals surface area contributed by atoms with Gasteiger partial charge < -0.3 is 4.74 Å². The minimum atomic E-state index is -2.87. The van der Waals surface area contributed by atoms with E-state index in [9.17, 15) is 13.6 Å². The van der Waals surface area contributed by atoms with Gasteiger partial charge in [0.1, 0.15) is 12.3 Å². The molecule has 7 heteroatoms. The molecule has 0 radical (unpaired) electrons. The molecule has 0 aliphatic heterocycles. The number of alkyl halides is 2. The molecular weight excluding hydrogens is 322 g/mol. The number of ketones is 1. The number of benzene rings is 1. The van der Waals surface area contributed by atoms with Gasteiger partial charge in [0.05, 0.1) is 10.7 Å². The normalized spacial score (nSPS) is 10.7. The molecule has 0 saturated carbocycles. The molecule has 0 spiro atoms. The Kier molecular flexibility index (Phi) is 4.26. The molecule has 0 amide bonds. The number of aromatic nitrogens is 2. The highest BCUT2D eigenvalue weighted by Crippen LogP contribution is 2.15. The van der Waals surface area contributed by atoms with Crippen molar-refractivity contribution >= 4 is 21.7 Å². The van der Waals surface area contributed by atoms with Crippen LogP contribution < -0.4 is 4.74 Å². The molecule has 1 aromatic heterocycles. The lowest BCUT2D eigenvalue weighted by atomic mass is 10.1. The van der Waals surface area contributed by atoms with Crippen molar-refractivity contribution in [2.24, 2.45) is 0 Å². The average molecular weight is 331 g/mol. The van der Waals surface area contributed by atoms with Crippen molar-refractivity contribution in [3.8, 4) is 5.75 Å². The maximum atomic E-state index is 12.0. The van der Waals surface area contributed by atoms with Gasteiger partial charge in [-0.1, -0.05) is 0 Å². The first-order valence-electron chi connectivity index (χ1n) is 5.30. The molecule has 0 N–H and O–H groups in total. The molecule has 0 fully saturated rings. The Hall–Kier alpha value is -1.76. The van der Waals surface area contributed by atoms with Gasteiger partial charge in [-0.05, 0) is 40.2 Å². The van der Waals surface area contributed by atoms with E-state index in [0.717, 1.165) is 4.47 Å². The fourth-order valence-corrected chi connectivity index (χ4v) is 1.81. The number of nitrogens with zero attached hydrogens (tertiary/aromatic N) is 2. The molecule has 4 nitrogen and oxygen atoms in total. The van der Waals surface area contributed by atoms with Crippen molar-refractivity contribution in [3.05, 3.63) is 46.7 Å². The number of ether oxygens (including phenoxy) is 1. The van der Waals surface area contributed by atoms with Gasteiger partial charge in [0.15, 0.2) is 5.78 Å². The molecule has 2 aromatic rings. The maximum Gasteiger partial charge on any atom is 0.387 e. The summed E-state index contributed by atoms with van der Waals surface area (Å²) in [6.45, 7) is -2.79. The predicted octanol–water partition coefficient (Wildman–Crippen LogP) is 3.13. The Balaban J connectivity index is 2.03. The second-order valence-corrected chi connectivity index (χ2v) is 4.60. The van der Waals surface area contributed by atoms with Crippen LogP contribution in [-0.4, -0.2) is 22.2 Å². The van der Waals surface area contributed by atoms with E-state index in [-0.39, 0.29) is 18.1 Å². The third-order valence-corrected chi connectivity index (χ3v) is 2.72. The first kappa shape index (κ1) is 13.7. The smallest absolute Gasteiger partial charge is 0.387 e. The third-order valence-electron chi connectivity index (χ3n) is 2.31. The largest absolute Gasteiger partial charge is 0.435 e. The molecule has 1 heterocycles. The van der Waals surface area contributed by atoms with E-state index < -0.39 is 6.61 Å². The van der Waals surface area contributed by atoms with E-state index in [0.29, 0.717) is 5.56 Å². The van der Waals surface area contributed by atoms with E-state index in [1.165, 1.54) is 28.9 Å². The van der Waals surface area contributed by atoms with Crippen LogP contribution in [0.3, 0.4) is 0 Å². The SMILES string of the molecule is O=C(Cn1cc(Br)cn1)c1ccc(OC(F)F)cc1. The monoisotopic (exact) mass is 330 g/mol. The van der Waals surface area contributed by atoms with Crippen LogP contribution in [0.25, 0.3) is 0 Å². The fraction of sp³-hybridized carbons (Fsp3) is 0.167. The molecule has 0 atom stereocenters. The Bertz CT molecular complexity index is 569. The van der Waals surface area contributed by atoms with Crippen LogP contribution in [0.15, 0.2) is 41.1 Å². The van der Waals surface area contributed by atoms with Crippen LogP contribution in [-0.2, 0) is 6.54 Å². The number of hydrogen-bond donors (Lipinski definition) is 0. The number of Topliss-reactive ketones (excluding diaryl/α,β-unsaturated/α-hetero) is 1. The highest BCUT2D eigenvalue weighted by molar-refractivity contribution is 9.10. The second-order valence-electron chi connectivity index (χ2n) is 3.68. The lowest BCUT2D eigenvalue weighted by molar-refractivity contribution is -0.0498. The topological polar surface area (TPSA) is 44.1 Å². The molecule has 19 heavy (non-hydrogen) atoms. The minimum absolute atomic E-state index is 0.0217. The maximum absolute atomic E-state index is 12.0. The lowest BCUT2D eigenvalue weighted by Gasteiger charge is -2.05. The molecule has 2 rings (SSSR count). The van der Waals surface area contributed by atoms with Crippen LogP contribution in [0.5, 0.6) is 5.75 Å². The van der Waals surface area contributed by atoms with Gasteiger partial charge in [0.2, 0.25) is 0 Å². The summed E-state index contributed by atoms with van der Waals surface area (Å²) in [5.41, 5.74) is 0.410. The molecule has 0 bridgehead atoms.